The predicted molar refractivity (Wildman–Crippen MR) is 108 cm³/mol. The fraction of sp³-hybridized carbons (Fsp3) is 0.650. The van der Waals surface area contributed by atoms with Gasteiger partial charge in [-0.2, -0.15) is 0 Å². The average Bonchev–Trinajstić information content (AvgIpc) is 2.60. The number of hydrogen-bond acceptors (Lipinski definition) is 5. The first kappa shape index (κ1) is 22.5. The Labute approximate surface area is 168 Å². The minimum atomic E-state index is -3.53. The summed E-state index contributed by atoms with van der Waals surface area (Å²) in [7, 11) is 1.09. The largest absolute Gasteiger partial charge is 0.497 e. The summed E-state index contributed by atoms with van der Waals surface area (Å²) in [6.07, 6.45) is 1.95. The molecular weight excluding hydrogens is 380 g/mol. The van der Waals surface area contributed by atoms with Gasteiger partial charge in [-0.25, -0.2) is 17.5 Å². The van der Waals surface area contributed by atoms with E-state index in [0.717, 1.165) is 18.4 Å². The van der Waals surface area contributed by atoms with Gasteiger partial charge in [0.1, 0.15) is 11.4 Å². The zero-order valence-corrected chi connectivity index (χ0v) is 18.5. The van der Waals surface area contributed by atoms with Crippen LogP contribution in [0.1, 0.15) is 39.2 Å². The van der Waals surface area contributed by atoms with Crippen LogP contribution >= 0.6 is 0 Å². The molecule has 0 saturated carbocycles. The molecule has 1 aromatic rings. The highest BCUT2D eigenvalue weighted by Gasteiger charge is 2.29. The maximum absolute atomic E-state index is 12.7. The molecule has 0 aliphatic carbocycles. The molecule has 1 saturated heterocycles. The molecule has 0 bridgehead atoms. The monoisotopic (exact) mass is 412 g/mol. The number of carbonyl (C=O) groups is 1. The fourth-order valence-corrected chi connectivity index (χ4v) is 4.35. The van der Waals surface area contributed by atoms with Crippen molar-refractivity contribution in [2.75, 3.05) is 34.3 Å². The number of hydrogen-bond donors (Lipinski definition) is 0. The molecule has 1 aromatic carbocycles. The Hall–Kier alpha value is -1.80. The van der Waals surface area contributed by atoms with Gasteiger partial charge in [-0.3, -0.25) is 0 Å². The molecule has 0 aromatic heterocycles. The van der Waals surface area contributed by atoms with Crippen molar-refractivity contribution < 1.29 is 22.7 Å². The first-order chi connectivity index (χ1) is 12.9. The molecule has 1 fully saturated rings. The van der Waals surface area contributed by atoms with Crippen molar-refractivity contribution in [3.8, 4) is 5.75 Å². The summed E-state index contributed by atoms with van der Waals surface area (Å²) in [5.74, 6) is 0.931. The lowest BCUT2D eigenvalue weighted by Gasteiger charge is -2.33. The number of carbonyl (C=O) groups excluding carboxylic acids is 1. The first-order valence-corrected chi connectivity index (χ1v) is 11.0. The molecule has 28 heavy (non-hydrogen) atoms. The molecule has 158 valence electrons. The fourth-order valence-electron chi connectivity index (χ4n) is 3.25. The van der Waals surface area contributed by atoms with E-state index in [1.807, 2.05) is 20.8 Å². The number of amides is 1. The second-order valence-electron chi connectivity index (χ2n) is 8.38. The quantitative estimate of drug-likeness (QED) is 0.743. The summed E-state index contributed by atoms with van der Waals surface area (Å²) in [5.41, 5.74) is 0.244. The molecule has 0 atom stereocenters. The number of ether oxygens (including phenoxy) is 2. The van der Waals surface area contributed by atoms with Crippen LogP contribution in [0, 0.1) is 5.92 Å². The van der Waals surface area contributed by atoms with E-state index < -0.39 is 15.6 Å². The highest BCUT2D eigenvalue weighted by molar-refractivity contribution is 7.89. The molecule has 1 heterocycles. The third kappa shape index (κ3) is 5.61. The number of nitrogens with zero attached hydrogens (tertiary/aromatic N) is 2. The Morgan fingerprint density at radius 3 is 2.32 bits per heavy atom. The number of sulfonamides is 1. The Kier molecular flexibility index (Phi) is 6.98. The number of likely N-dealkylation sites (tertiary alicyclic amines) is 1. The Morgan fingerprint density at radius 2 is 1.82 bits per heavy atom. The normalized spacial score (nSPS) is 16.3. The van der Waals surface area contributed by atoms with Crippen molar-refractivity contribution in [2.24, 2.45) is 5.92 Å². The van der Waals surface area contributed by atoms with Crippen LogP contribution in [0.5, 0.6) is 5.75 Å². The van der Waals surface area contributed by atoms with E-state index in [1.165, 1.54) is 18.4 Å². The molecule has 8 heteroatoms. The Balaban J connectivity index is 2.11. The molecule has 2 rings (SSSR count). The number of rotatable bonds is 5. The minimum Gasteiger partial charge on any atom is -0.497 e. The van der Waals surface area contributed by atoms with E-state index in [1.54, 1.807) is 30.2 Å². The zero-order valence-electron chi connectivity index (χ0n) is 17.7. The molecule has 1 aliphatic heterocycles. The van der Waals surface area contributed by atoms with Crippen LogP contribution in [-0.2, 0) is 21.2 Å². The summed E-state index contributed by atoms with van der Waals surface area (Å²) in [4.78, 5) is 14.3. The van der Waals surface area contributed by atoms with Crippen LogP contribution < -0.4 is 4.74 Å². The summed E-state index contributed by atoms with van der Waals surface area (Å²) in [6, 6.07) is 5.08. The van der Waals surface area contributed by atoms with E-state index in [2.05, 4.69) is 0 Å². The Bertz CT molecular complexity index is 791. The third-order valence-corrected chi connectivity index (χ3v) is 6.72. The van der Waals surface area contributed by atoms with Gasteiger partial charge in [0.2, 0.25) is 10.0 Å². The third-order valence-electron chi connectivity index (χ3n) is 4.80. The standard InChI is InChI=1S/C20H32N2O5S/c1-20(2,3)27-19(23)22-11-9-15(10-12-22)13-16-14-17(26-6)7-8-18(16)28(24,25)21(4)5/h7-8,14-15H,9-13H2,1-6H3. The maximum atomic E-state index is 12.7. The van der Waals surface area contributed by atoms with Crippen molar-refractivity contribution in [3.05, 3.63) is 23.8 Å². The molecule has 0 spiro atoms. The number of benzene rings is 1. The second-order valence-corrected chi connectivity index (χ2v) is 10.5. The van der Waals surface area contributed by atoms with Gasteiger partial charge in [-0.05, 0) is 69.7 Å². The minimum absolute atomic E-state index is 0.289. The van der Waals surface area contributed by atoms with Gasteiger partial charge >= 0.3 is 6.09 Å². The zero-order chi connectivity index (χ0) is 21.1. The maximum Gasteiger partial charge on any atom is 0.410 e. The van der Waals surface area contributed by atoms with Gasteiger partial charge in [0.25, 0.3) is 0 Å². The number of piperidine rings is 1. The van der Waals surface area contributed by atoms with Crippen LogP contribution in [0.4, 0.5) is 4.79 Å². The van der Waals surface area contributed by atoms with Gasteiger partial charge < -0.3 is 14.4 Å². The van der Waals surface area contributed by atoms with E-state index in [0.29, 0.717) is 36.1 Å². The van der Waals surface area contributed by atoms with Gasteiger partial charge in [0, 0.05) is 27.2 Å². The van der Waals surface area contributed by atoms with Gasteiger partial charge in [-0.1, -0.05) is 0 Å². The SMILES string of the molecule is COc1ccc(S(=O)(=O)N(C)C)c(CC2CCN(C(=O)OC(C)(C)C)CC2)c1. The van der Waals surface area contributed by atoms with Crippen molar-refractivity contribution in [3.63, 3.8) is 0 Å². The highest BCUT2D eigenvalue weighted by Crippen LogP contribution is 2.29. The smallest absolute Gasteiger partial charge is 0.410 e. The topological polar surface area (TPSA) is 76.2 Å². The van der Waals surface area contributed by atoms with Crippen molar-refractivity contribution >= 4 is 16.1 Å². The van der Waals surface area contributed by atoms with Crippen molar-refractivity contribution in [1.29, 1.82) is 0 Å². The lowest BCUT2D eigenvalue weighted by molar-refractivity contribution is 0.0184. The van der Waals surface area contributed by atoms with E-state index in [-0.39, 0.29) is 6.09 Å². The molecular formula is C20H32N2O5S. The van der Waals surface area contributed by atoms with Crippen LogP contribution in [-0.4, -0.2) is 63.6 Å². The van der Waals surface area contributed by atoms with Crippen molar-refractivity contribution in [1.82, 2.24) is 9.21 Å². The molecule has 1 amide bonds. The summed E-state index contributed by atoms with van der Waals surface area (Å²) < 4.78 is 37.3. The van der Waals surface area contributed by atoms with Crippen LogP contribution in [0.15, 0.2) is 23.1 Å². The molecule has 0 N–H and O–H groups in total. The summed E-state index contributed by atoms with van der Waals surface area (Å²) >= 11 is 0. The van der Waals surface area contributed by atoms with Gasteiger partial charge in [0.15, 0.2) is 0 Å². The van der Waals surface area contributed by atoms with E-state index in [9.17, 15) is 13.2 Å². The van der Waals surface area contributed by atoms with Crippen LogP contribution in [0.3, 0.4) is 0 Å². The second kappa shape index (κ2) is 8.69. The first-order valence-electron chi connectivity index (χ1n) is 9.51. The summed E-state index contributed by atoms with van der Waals surface area (Å²) in [5, 5.41) is 0. The average molecular weight is 413 g/mol. The number of methoxy groups -OCH3 is 1. The molecule has 0 unspecified atom stereocenters. The highest BCUT2D eigenvalue weighted by atomic mass is 32.2. The Morgan fingerprint density at radius 1 is 1.21 bits per heavy atom. The van der Waals surface area contributed by atoms with Gasteiger partial charge in [-0.15, -0.1) is 0 Å². The summed E-state index contributed by atoms with van der Waals surface area (Å²) in [6.45, 7) is 6.78. The van der Waals surface area contributed by atoms with Crippen LogP contribution in [0.2, 0.25) is 0 Å². The van der Waals surface area contributed by atoms with Crippen molar-refractivity contribution in [2.45, 2.75) is 50.5 Å². The molecule has 7 nitrogen and oxygen atoms in total. The molecule has 0 radical (unpaired) electrons. The van der Waals surface area contributed by atoms with Gasteiger partial charge in [0.05, 0.1) is 12.0 Å². The lowest BCUT2D eigenvalue weighted by atomic mass is 9.90. The van der Waals surface area contributed by atoms with Crippen LogP contribution in [0.25, 0.3) is 0 Å². The van der Waals surface area contributed by atoms with E-state index in [4.69, 9.17) is 9.47 Å². The molecule has 1 aliphatic rings. The van der Waals surface area contributed by atoms with E-state index >= 15 is 0 Å². The predicted octanol–water partition coefficient (Wildman–Crippen LogP) is 3.14. The lowest BCUT2D eigenvalue weighted by Crippen LogP contribution is -2.42.